The van der Waals surface area contributed by atoms with E-state index < -0.39 is 11.4 Å². The summed E-state index contributed by atoms with van der Waals surface area (Å²) in [6.45, 7) is 1.57. The highest BCUT2D eigenvalue weighted by molar-refractivity contribution is 14.1. The minimum absolute atomic E-state index is 0.298. The van der Waals surface area contributed by atoms with Gasteiger partial charge >= 0.3 is 5.97 Å². The molecular formula is C13H10FIN2O3. The SMILES string of the molecule is COC(=O)c1nn(-c2ccc(F)cc2I)cc(C)c1=O. The highest BCUT2D eigenvalue weighted by Crippen LogP contribution is 2.17. The van der Waals surface area contributed by atoms with Crippen LogP contribution in [0.3, 0.4) is 0 Å². The molecule has 20 heavy (non-hydrogen) atoms. The predicted molar refractivity (Wildman–Crippen MR) is 78.6 cm³/mol. The predicted octanol–water partition coefficient (Wildman–Crippen LogP) is 2.07. The van der Waals surface area contributed by atoms with E-state index >= 15 is 0 Å². The Labute approximate surface area is 127 Å². The van der Waals surface area contributed by atoms with Gasteiger partial charge in [-0.25, -0.2) is 13.9 Å². The third kappa shape index (κ3) is 2.72. The van der Waals surface area contributed by atoms with Crippen LogP contribution in [-0.2, 0) is 4.74 Å². The van der Waals surface area contributed by atoms with Gasteiger partial charge in [-0.3, -0.25) is 4.79 Å². The normalized spacial score (nSPS) is 10.4. The van der Waals surface area contributed by atoms with Crippen molar-refractivity contribution in [3.63, 3.8) is 0 Å². The number of nitrogens with zero attached hydrogens (tertiary/aromatic N) is 2. The van der Waals surface area contributed by atoms with Crippen LogP contribution in [0.2, 0.25) is 0 Å². The number of methoxy groups -OCH3 is 1. The molecular weight excluding hydrogens is 378 g/mol. The standard InChI is InChI=1S/C13H10FIN2O3/c1-7-6-17(10-4-3-8(14)5-9(10)15)16-11(12(7)18)13(19)20-2/h3-6H,1-2H3. The number of carbonyl (C=O) groups excluding carboxylic acids is 1. The lowest BCUT2D eigenvalue weighted by Crippen LogP contribution is -2.24. The van der Waals surface area contributed by atoms with Gasteiger partial charge in [-0.15, -0.1) is 0 Å². The van der Waals surface area contributed by atoms with Crippen molar-refractivity contribution >= 4 is 28.6 Å². The average molecular weight is 388 g/mol. The number of esters is 1. The molecule has 0 unspecified atom stereocenters. The van der Waals surface area contributed by atoms with Gasteiger partial charge < -0.3 is 4.74 Å². The molecule has 1 aromatic heterocycles. The summed E-state index contributed by atoms with van der Waals surface area (Å²) in [5.41, 5.74) is 0.138. The van der Waals surface area contributed by atoms with Gasteiger partial charge in [0.1, 0.15) is 5.82 Å². The van der Waals surface area contributed by atoms with E-state index in [1.54, 1.807) is 6.92 Å². The molecule has 2 aromatic rings. The van der Waals surface area contributed by atoms with Crippen molar-refractivity contribution in [3.05, 3.63) is 55.3 Å². The van der Waals surface area contributed by atoms with Gasteiger partial charge in [0, 0.05) is 15.3 Å². The summed E-state index contributed by atoms with van der Waals surface area (Å²) < 4.78 is 19.6. The van der Waals surface area contributed by atoms with Crippen LogP contribution in [0.5, 0.6) is 0 Å². The zero-order valence-corrected chi connectivity index (χ0v) is 12.8. The molecule has 0 fully saturated rings. The van der Waals surface area contributed by atoms with Crippen molar-refractivity contribution in [2.45, 2.75) is 6.92 Å². The fourth-order valence-electron chi connectivity index (χ4n) is 1.63. The third-order valence-electron chi connectivity index (χ3n) is 2.63. The summed E-state index contributed by atoms with van der Waals surface area (Å²) in [4.78, 5) is 23.4. The molecule has 2 rings (SSSR count). The second-order valence-corrected chi connectivity index (χ2v) is 5.18. The maximum Gasteiger partial charge on any atom is 0.362 e. The second-order valence-electron chi connectivity index (χ2n) is 4.02. The summed E-state index contributed by atoms with van der Waals surface area (Å²) in [5.74, 6) is -1.17. The Kier molecular flexibility index (Phi) is 4.17. The molecule has 0 aliphatic heterocycles. The number of rotatable bonds is 2. The smallest absolute Gasteiger partial charge is 0.362 e. The molecule has 0 N–H and O–H groups in total. The van der Waals surface area contributed by atoms with E-state index in [9.17, 15) is 14.0 Å². The highest BCUT2D eigenvalue weighted by Gasteiger charge is 2.16. The van der Waals surface area contributed by atoms with Gasteiger partial charge in [0.2, 0.25) is 11.1 Å². The molecule has 0 bridgehead atoms. The number of aryl methyl sites for hydroxylation is 1. The fraction of sp³-hybridized carbons (Fsp3) is 0.154. The van der Waals surface area contributed by atoms with Crippen LogP contribution < -0.4 is 5.43 Å². The van der Waals surface area contributed by atoms with E-state index in [2.05, 4.69) is 9.84 Å². The zero-order chi connectivity index (χ0) is 14.9. The number of carbonyl (C=O) groups is 1. The quantitative estimate of drug-likeness (QED) is 0.584. The molecule has 0 saturated heterocycles. The molecule has 5 nitrogen and oxygen atoms in total. The van der Waals surface area contributed by atoms with Crippen LogP contribution >= 0.6 is 22.6 Å². The van der Waals surface area contributed by atoms with Crippen LogP contribution in [0, 0.1) is 16.3 Å². The minimum atomic E-state index is -0.801. The molecule has 0 atom stereocenters. The Balaban J connectivity index is 2.67. The Hall–Kier alpha value is -1.77. The van der Waals surface area contributed by atoms with E-state index in [-0.39, 0.29) is 11.5 Å². The van der Waals surface area contributed by atoms with Gasteiger partial charge in [0.15, 0.2) is 0 Å². The first-order valence-corrected chi connectivity index (χ1v) is 6.66. The van der Waals surface area contributed by atoms with Crippen molar-refractivity contribution in [1.82, 2.24) is 9.78 Å². The van der Waals surface area contributed by atoms with Gasteiger partial charge in [0.05, 0.1) is 12.8 Å². The van der Waals surface area contributed by atoms with Gasteiger partial charge in [0.25, 0.3) is 0 Å². The van der Waals surface area contributed by atoms with Crippen LogP contribution in [0.25, 0.3) is 5.69 Å². The number of ether oxygens (including phenoxy) is 1. The summed E-state index contributed by atoms with van der Waals surface area (Å²) >= 11 is 1.95. The monoisotopic (exact) mass is 388 g/mol. The number of hydrogen-bond donors (Lipinski definition) is 0. The molecule has 104 valence electrons. The number of hydrogen-bond acceptors (Lipinski definition) is 4. The molecule has 0 spiro atoms. The van der Waals surface area contributed by atoms with E-state index in [4.69, 9.17) is 0 Å². The average Bonchev–Trinajstić information content (AvgIpc) is 2.41. The summed E-state index contributed by atoms with van der Waals surface area (Å²) in [5, 5.41) is 3.97. The Morgan fingerprint density at radius 1 is 1.45 bits per heavy atom. The van der Waals surface area contributed by atoms with E-state index in [1.807, 2.05) is 22.6 Å². The van der Waals surface area contributed by atoms with E-state index in [0.29, 0.717) is 14.8 Å². The van der Waals surface area contributed by atoms with E-state index in [0.717, 1.165) is 0 Å². The molecule has 0 radical (unpaired) electrons. The summed E-state index contributed by atoms with van der Waals surface area (Å²) in [7, 11) is 1.18. The van der Waals surface area contributed by atoms with Crippen LogP contribution in [0.15, 0.2) is 29.2 Å². The number of benzene rings is 1. The lowest BCUT2D eigenvalue weighted by molar-refractivity contribution is 0.0590. The van der Waals surface area contributed by atoms with Crippen LogP contribution in [0.4, 0.5) is 4.39 Å². The third-order valence-corrected chi connectivity index (χ3v) is 3.50. The molecule has 7 heteroatoms. The van der Waals surface area contributed by atoms with Crippen LogP contribution in [-0.4, -0.2) is 22.9 Å². The summed E-state index contributed by atoms with van der Waals surface area (Å²) in [6.07, 6.45) is 1.49. The largest absolute Gasteiger partial charge is 0.464 e. The van der Waals surface area contributed by atoms with Crippen molar-refractivity contribution in [2.75, 3.05) is 7.11 Å². The first kappa shape index (κ1) is 14.6. The molecule has 1 aromatic carbocycles. The van der Waals surface area contributed by atoms with Gasteiger partial charge in [-0.2, -0.15) is 5.10 Å². The lowest BCUT2D eigenvalue weighted by Gasteiger charge is -2.10. The second kappa shape index (κ2) is 5.70. The summed E-state index contributed by atoms with van der Waals surface area (Å²) in [6, 6.07) is 4.14. The fourth-order valence-corrected chi connectivity index (χ4v) is 2.36. The van der Waals surface area contributed by atoms with Crippen molar-refractivity contribution in [3.8, 4) is 5.69 Å². The van der Waals surface area contributed by atoms with E-state index in [1.165, 1.54) is 36.2 Å². The first-order chi connectivity index (χ1) is 9.43. The van der Waals surface area contributed by atoms with Gasteiger partial charge in [-0.05, 0) is 47.7 Å². The molecule has 1 heterocycles. The Morgan fingerprint density at radius 2 is 2.15 bits per heavy atom. The minimum Gasteiger partial charge on any atom is -0.464 e. The topological polar surface area (TPSA) is 61.2 Å². The first-order valence-electron chi connectivity index (χ1n) is 5.58. The van der Waals surface area contributed by atoms with Crippen LogP contribution in [0.1, 0.15) is 16.1 Å². The highest BCUT2D eigenvalue weighted by atomic mass is 127. The Morgan fingerprint density at radius 3 is 2.75 bits per heavy atom. The lowest BCUT2D eigenvalue weighted by atomic mass is 10.2. The zero-order valence-electron chi connectivity index (χ0n) is 10.7. The Bertz CT molecular complexity index is 743. The molecule has 0 aliphatic rings. The van der Waals surface area contributed by atoms with Crippen molar-refractivity contribution in [2.24, 2.45) is 0 Å². The molecule has 0 amide bonds. The number of aromatic nitrogens is 2. The maximum absolute atomic E-state index is 13.1. The molecule has 0 aliphatic carbocycles. The van der Waals surface area contributed by atoms with Gasteiger partial charge in [-0.1, -0.05) is 0 Å². The van der Waals surface area contributed by atoms with Crippen molar-refractivity contribution in [1.29, 1.82) is 0 Å². The number of halogens is 2. The maximum atomic E-state index is 13.1. The van der Waals surface area contributed by atoms with Crippen molar-refractivity contribution < 1.29 is 13.9 Å². The molecule has 0 saturated carbocycles.